The Hall–Kier alpha value is -1.76. The maximum absolute atomic E-state index is 12.1. The Balaban J connectivity index is 1.97. The molecule has 6 heteroatoms. The normalized spacial score (nSPS) is 12.0. The molecule has 2 aromatic carbocycles. The van der Waals surface area contributed by atoms with Gasteiger partial charge in [-0.25, -0.2) is 18.1 Å². The Kier molecular flexibility index (Phi) is 4.71. The summed E-state index contributed by atoms with van der Waals surface area (Å²) in [5.41, 5.74) is 4.32. The molecule has 3 rings (SSSR count). The summed E-state index contributed by atoms with van der Waals surface area (Å²) in [4.78, 5) is 5.02. The van der Waals surface area contributed by atoms with Gasteiger partial charge in [-0.2, -0.15) is 0 Å². The highest BCUT2D eigenvalue weighted by molar-refractivity contribution is 7.89. The van der Waals surface area contributed by atoms with Crippen LogP contribution >= 0.6 is 11.3 Å². The highest BCUT2D eigenvalue weighted by atomic mass is 32.2. The second-order valence-electron chi connectivity index (χ2n) is 5.82. The van der Waals surface area contributed by atoms with Gasteiger partial charge < -0.3 is 0 Å². The van der Waals surface area contributed by atoms with Gasteiger partial charge in [0.15, 0.2) is 0 Å². The SMILES string of the molecule is CCCNS(=O)(=O)c1ccc(-c2nc3c(C)ccc(C)c3s2)cc1. The van der Waals surface area contributed by atoms with Gasteiger partial charge >= 0.3 is 0 Å². The fourth-order valence-corrected chi connectivity index (χ4v) is 4.73. The molecule has 0 aliphatic heterocycles. The molecule has 0 amide bonds. The molecule has 0 atom stereocenters. The van der Waals surface area contributed by atoms with Crippen molar-refractivity contribution in [2.75, 3.05) is 6.54 Å². The molecule has 0 aliphatic carbocycles. The van der Waals surface area contributed by atoms with E-state index in [0.29, 0.717) is 6.54 Å². The lowest BCUT2D eigenvalue weighted by atomic mass is 10.1. The molecular weight excluding hydrogens is 340 g/mol. The van der Waals surface area contributed by atoms with Crippen LogP contribution in [0.15, 0.2) is 41.3 Å². The highest BCUT2D eigenvalue weighted by Crippen LogP contribution is 2.34. The number of nitrogens with one attached hydrogen (secondary N) is 1. The quantitative estimate of drug-likeness (QED) is 0.739. The molecule has 0 spiro atoms. The van der Waals surface area contributed by atoms with Crippen LogP contribution in [-0.2, 0) is 10.0 Å². The van der Waals surface area contributed by atoms with Gasteiger partial charge in [0.25, 0.3) is 0 Å². The zero-order valence-corrected chi connectivity index (χ0v) is 15.6. The highest BCUT2D eigenvalue weighted by Gasteiger charge is 2.14. The summed E-state index contributed by atoms with van der Waals surface area (Å²) in [6, 6.07) is 11.1. The van der Waals surface area contributed by atoms with Crippen molar-refractivity contribution >= 4 is 31.6 Å². The number of aromatic nitrogens is 1. The minimum Gasteiger partial charge on any atom is -0.236 e. The zero-order valence-electron chi connectivity index (χ0n) is 14.0. The van der Waals surface area contributed by atoms with Crippen LogP contribution in [0.3, 0.4) is 0 Å². The lowest BCUT2D eigenvalue weighted by molar-refractivity contribution is 0.581. The van der Waals surface area contributed by atoms with Crippen LogP contribution in [0.5, 0.6) is 0 Å². The van der Waals surface area contributed by atoms with E-state index >= 15 is 0 Å². The van der Waals surface area contributed by atoms with Crippen molar-refractivity contribution in [3.63, 3.8) is 0 Å². The number of benzene rings is 2. The first-order valence-electron chi connectivity index (χ1n) is 7.89. The molecule has 1 heterocycles. The smallest absolute Gasteiger partial charge is 0.236 e. The molecule has 24 heavy (non-hydrogen) atoms. The van der Waals surface area contributed by atoms with Gasteiger partial charge in [-0.3, -0.25) is 0 Å². The first-order valence-corrected chi connectivity index (χ1v) is 10.2. The molecule has 0 radical (unpaired) electrons. The predicted octanol–water partition coefficient (Wildman–Crippen LogP) is 4.27. The monoisotopic (exact) mass is 360 g/mol. The van der Waals surface area contributed by atoms with E-state index in [2.05, 4.69) is 30.7 Å². The molecule has 0 saturated heterocycles. The molecule has 3 aromatic rings. The number of aryl methyl sites for hydroxylation is 2. The summed E-state index contributed by atoms with van der Waals surface area (Å²) in [6.07, 6.45) is 0.766. The van der Waals surface area contributed by atoms with Crippen LogP contribution < -0.4 is 4.72 Å². The third-order valence-electron chi connectivity index (χ3n) is 3.90. The fraction of sp³-hybridized carbons (Fsp3) is 0.278. The van der Waals surface area contributed by atoms with Crippen molar-refractivity contribution < 1.29 is 8.42 Å². The van der Waals surface area contributed by atoms with E-state index in [9.17, 15) is 8.42 Å². The number of sulfonamides is 1. The number of hydrogen-bond acceptors (Lipinski definition) is 4. The van der Waals surface area contributed by atoms with Crippen molar-refractivity contribution in [1.29, 1.82) is 0 Å². The maximum atomic E-state index is 12.1. The lowest BCUT2D eigenvalue weighted by Crippen LogP contribution is -2.24. The molecule has 0 saturated carbocycles. The summed E-state index contributed by atoms with van der Waals surface area (Å²) in [6.45, 7) is 6.52. The van der Waals surface area contributed by atoms with Crippen LogP contribution in [-0.4, -0.2) is 19.9 Å². The molecule has 1 N–H and O–H groups in total. The van der Waals surface area contributed by atoms with Gasteiger partial charge in [0.05, 0.1) is 15.1 Å². The van der Waals surface area contributed by atoms with E-state index in [1.807, 2.05) is 19.1 Å². The Bertz CT molecular complexity index is 935. The van der Waals surface area contributed by atoms with Crippen LogP contribution in [0, 0.1) is 13.8 Å². The molecule has 0 fully saturated rings. The Labute approximate surface area is 146 Å². The summed E-state index contributed by atoms with van der Waals surface area (Å²) in [7, 11) is -3.43. The summed E-state index contributed by atoms with van der Waals surface area (Å²) >= 11 is 1.64. The standard InChI is InChI=1S/C18H20N2O2S2/c1-4-11-19-24(21,22)15-9-7-14(8-10-15)18-20-16-12(2)5-6-13(3)17(16)23-18/h5-10,19H,4,11H2,1-3H3. The largest absolute Gasteiger partial charge is 0.240 e. The van der Waals surface area contributed by atoms with Gasteiger partial charge in [0.2, 0.25) is 10.0 Å². The van der Waals surface area contributed by atoms with E-state index in [-0.39, 0.29) is 4.90 Å². The van der Waals surface area contributed by atoms with Crippen molar-refractivity contribution in [3.05, 3.63) is 47.5 Å². The molecule has 4 nitrogen and oxygen atoms in total. The van der Waals surface area contributed by atoms with Crippen LogP contribution in [0.1, 0.15) is 24.5 Å². The number of thiazole rings is 1. The Morgan fingerprint density at radius 1 is 1.04 bits per heavy atom. The molecule has 126 valence electrons. The number of rotatable bonds is 5. The van der Waals surface area contributed by atoms with Crippen molar-refractivity contribution in [3.8, 4) is 10.6 Å². The van der Waals surface area contributed by atoms with E-state index in [1.54, 1.807) is 23.5 Å². The Morgan fingerprint density at radius 2 is 1.71 bits per heavy atom. The minimum atomic E-state index is -3.43. The molecule has 0 aliphatic rings. The van der Waals surface area contributed by atoms with E-state index in [0.717, 1.165) is 28.1 Å². The van der Waals surface area contributed by atoms with Gasteiger partial charge in [0.1, 0.15) is 5.01 Å². The molecular formula is C18H20N2O2S2. The summed E-state index contributed by atoms with van der Waals surface area (Å²) in [5, 5.41) is 0.910. The number of fused-ring (bicyclic) bond motifs is 1. The van der Waals surface area contributed by atoms with Crippen LogP contribution in [0.4, 0.5) is 0 Å². The van der Waals surface area contributed by atoms with Crippen molar-refractivity contribution in [2.45, 2.75) is 32.1 Å². The lowest BCUT2D eigenvalue weighted by Gasteiger charge is -2.05. The number of hydrogen-bond donors (Lipinski definition) is 1. The molecule has 0 unspecified atom stereocenters. The molecule has 1 aromatic heterocycles. The van der Waals surface area contributed by atoms with Gasteiger partial charge in [-0.15, -0.1) is 11.3 Å². The second-order valence-corrected chi connectivity index (χ2v) is 8.58. The van der Waals surface area contributed by atoms with Gasteiger partial charge in [-0.05, 0) is 43.5 Å². The first kappa shape index (κ1) is 17.1. The van der Waals surface area contributed by atoms with E-state index in [1.165, 1.54) is 10.3 Å². The first-order chi connectivity index (χ1) is 11.4. The van der Waals surface area contributed by atoms with Gasteiger partial charge in [-0.1, -0.05) is 31.2 Å². The van der Waals surface area contributed by atoms with Crippen LogP contribution in [0.2, 0.25) is 0 Å². The van der Waals surface area contributed by atoms with E-state index in [4.69, 9.17) is 4.98 Å². The predicted molar refractivity (Wildman–Crippen MR) is 100 cm³/mol. The third-order valence-corrected chi connectivity index (χ3v) is 6.61. The fourth-order valence-electron chi connectivity index (χ4n) is 2.48. The molecule has 0 bridgehead atoms. The Morgan fingerprint density at radius 3 is 2.33 bits per heavy atom. The number of nitrogens with zero attached hydrogens (tertiary/aromatic N) is 1. The van der Waals surface area contributed by atoms with Crippen LogP contribution in [0.25, 0.3) is 20.8 Å². The van der Waals surface area contributed by atoms with Crippen molar-refractivity contribution in [2.24, 2.45) is 0 Å². The average molecular weight is 361 g/mol. The van der Waals surface area contributed by atoms with Gasteiger partial charge in [0, 0.05) is 12.1 Å². The zero-order chi connectivity index (χ0) is 17.3. The van der Waals surface area contributed by atoms with Crippen molar-refractivity contribution in [1.82, 2.24) is 9.71 Å². The second kappa shape index (κ2) is 6.63. The third kappa shape index (κ3) is 3.22. The van der Waals surface area contributed by atoms with E-state index < -0.39 is 10.0 Å². The average Bonchev–Trinajstić information content (AvgIpc) is 3.03. The maximum Gasteiger partial charge on any atom is 0.240 e. The minimum absolute atomic E-state index is 0.285. The topological polar surface area (TPSA) is 59.1 Å². The summed E-state index contributed by atoms with van der Waals surface area (Å²) < 4.78 is 28.1. The summed E-state index contributed by atoms with van der Waals surface area (Å²) in [5.74, 6) is 0.